The second-order valence-electron chi connectivity index (χ2n) is 6.19. The minimum atomic E-state index is -0.554. The topological polar surface area (TPSA) is 78.7 Å². The Kier molecular flexibility index (Phi) is 5.53. The first-order chi connectivity index (χ1) is 12.5. The summed E-state index contributed by atoms with van der Waals surface area (Å²) in [5, 5.41) is 5.01. The molecule has 1 atom stereocenters. The van der Waals surface area contributed by atoms with Crippen LogP contribution in [0.2, 0.25) is 0 Å². The number of anilines is 2. The molecule has 2 heterocycles. The molecule has 2 amide bonds. The van der Waals surface area contributed by atoms with Crippen LogP contribution in [0.5, 0.6) is 0 Å². The van der Waals surface area contributed by atoms with Gasteiger partial charge in [0.2, 0.25) is 5.91 Å². The molecule has 1 aliphatic rings. The Balaban J connectivity index is 1.56. The fraction of sp³-hybridized carbons (Fsp3) is 0.333. The highest BCUT2D eigenvalue weighted by Gasteiger charge is 2.26. The van der Waals surface area contributed by atoms with Crippen molar-refractivity contribution in [3.8, 4) is 0 Å². The maximum atomic E-state index is 13.0. The van der Waals surface area contributed by atoms with Gasteiger partial charge in [-0.2, -0.15) is 0 Å². The van der Waals surface area contributed by atoms with Crippen molar-refractivity contribution in [3.63, 3.8) is 0 Å². The third kappa shape index (κ3) is 4.03. The van der Waals surface area contributed by atoms with Crippen LogP contribution in [0.4, 0.5) is 15.1 Å². The van der Waals surface area contributed by atoms with Gasteiger partial charge in [-0.15, -0.1) is 11.3 Å². The van der Waals surface area contributed by atoms with Crippen molar-refractivity contribution in [2.45, 2.75) is 13.0 Å². The van der Waals surface area contributed by atoms with Crippen molar-refractivity contribution in [1.82, 2.24) is 4.90 Å². The molecule has 0 unspecified atom stereocenters. The molecule has 3 rings (SSSR count). The number of nitrogens with two attached hydrogens (primary N) is 1. The lowest BCUT2D eigenvalue weighted by molar-refractivity contribution is -0.120. The molecule has 3 N–H and O–H groups in total. The van der Waals surface area contributed by atoms with Gasteiger partial charge in [0.05, 0.1) is 11.6 Å². The lowest BCUT2D eigenvalue weighted by Crippen LogP contribution is -2.52. The first-order valence-corrected chi connectivity index (χ1v) is 9.26. The fourth-order valence-corrected chi connectivity index (χ4v) is 3.80. The van der Waals surface area contributed by atoms with E-state index in [0.29, 0.717) is 10.6 Å². The van der Waals surface area contributed by atoms with E-state index in [9.17, 15) is 14.0 Å². The van der Waals surface area contributed by atoms with Gasteiger partial charge in [0.25, 0.3) is 5.91 Å². The molecular weight excluding hydrogens is 355 g/mol. The fourth-order valence-electron chi connectivity index (χ4n) is 3.00. The van der Waals surface area contributed by atoms with Gasteiger partial charge >= 0.3 is 0 Å². The van der Waals surface area contributed by atoms with Crippen LogP contribution in [0.1, 0.15) is 17.3 Å². The van der Waals surface area contributed by atoms with E-state index in [4.69, 9.17) is 5.73 Å². The van der Waals surface area contributed by atoms with E-state index in [1.165, 1.54) is 23.5 Å². The van der Waals surface area contributed by atoms with E-state index in [0.717, 1.165) is 31.9 Å². The van der Waals surface area contributed by atoms with E-state index in [2.05, 4.69) is 15.1 Å². The van der Waals surface area contributed by atoms with Gasteiger partial charge in [-0.05, 0) is 42.6 Å². The van der Waals surface area contributed by atoms with Crippen molar-refractivity contribution in [1.29, 1.82) is 0 Å². The van der Waals surface area contributed by atoms with Crippen LogP contribution in [-0.2, 0) is 4.79 Å². The second-order valence-corrected chi connectivity index (χ2v) is 7.11. The first-order valence-electron chi connectivity index (χ1n) is 8.38. The Morgan fingerprint density at radius 3 is 2.42 bits per heavy atom. The quantitative estimate of drug-likeness (QED) is 0.838. The van der Waals surface area contributed by atoms with Crippen LogP contribution >= 0.6 is 11.3 Å². The number of rotatable bonds is 5. The molecule has 6 nitrogen and oxygen atoms in total. The Hall–Kier alpha value is -2.45. The van der Waals surface area contributed by atoms with Crippen LogP contribution in [0, 0.1) is 5.82 Å². The minimum Gasteiger partial charge on any atom is -0.369 e. The SMILES string of the molecule is C[C@H](C(=O)Nc1sccc1C(N)=O)N1CCN(c2ccc(F)cc2)CC1. The average Bonchev–Trinajstić information content (AvgIpc) is 3.10. The molecule has 0 aliphatic carbocycles. The average molecular weight is 376 g/mol. The van der Waals surface area contributed by atoms with Crippen molar-refractivity contribution < 1.29 is 14.0 Å². The van der Waals surface area contributed by atoms with E-state index >= 15 is 0 Å². The summed E-state index contributed by atoms with van der Waals surface area (Å²) in [5.41, 5.74) is 6.62. The molecule has 1 aromatic heterocycles. The molecule has 26 heavy (non-hydrogen) atoms. The van der Waals surface area contributed by atoms with Gasteiger partial charge < -0.3 is 16.0 Å². The number of benzene rings is 1. The maximum absolute atomic E-state index is 13.0. The van der Waals surface area contributed by atoms with Gasteiger partial charge in [0.15, 0.2) is 0 Å². The standard InChI is InChI=1S/C18H21FN4O2S/c1-12(17(25)21-18-15(16(20)24)6-11-26-18)22-7-9-23(10-8-22)14-4-2-13(19)3-5-14/h2-6,11-12H,7-10H2,1H3,(H2,20,24)(H,21,25)/t12-/m1/s1. The number of carbonyl (C=O) groups is 2. The molecule has 0 spiro atoms. The predicted octanol–water partition coefficient (Wildman–Crippen LogP) is 2.14. The number of nitrogens with one attached hydrogen (secondary N) is 1. The number of piperazine rings is 1. The molecule has 8 heteroatoms. The highest BCUT2D eigenvalue weighted by atomic mass is 32.1. The normalized spacial score (nSPS) is 16.3. The predicted molar refractivity (Wildman–Crippen MR) is 101 cm³/mol. The maximum Gasteiger partial charge on any atom is 0.251 e. The largest absolute Gasteiger partial charge is 0.369 e. The molecule has 2 aromatic rings. The van der Waals surface area contributed by atoms with Crippen molar-refractivity contribution in [2.75, 3.05) is 36.4 Å². The molecule has 138 valence electrons. The lowest BCUT2D eigenvalue weighted by Gasteiger charge is -2.38. The summed E-state index contributed by atoms with van der Waals surface area (Å²) < 4.78 is 13.0. The van der Waals surface area contributed by atoms with Crippen molar-refractivity contribution in [2.24, 2.45) is 5.73 Å². The third-order valence-corrected chi connectivity index (χ3v) is 5.43. The highest BCUT2D eigenvalue weighted by molar-refractivity contribution is 7.14. The Morgan fingerprint density at radius 2 is 1.81 bits per heavy atom. The Labute approximate surface area is 155 Å². The zero-order chi connectivity index (χ0) is 18.7. The summed E-state index contributed by atoms with van der Waals surface area (Å²) in [4.78, 5) is 28.1. The summed E-state index contributed by atoms with van der Waals surface area (Å²) in [6.45, 7) is 4.81. The zero-order valence-electron chi connectivity index (χ0n) is 14.4. The summed E-state index contributed by atoms with van der Waals surface area (Å²) >= 11 is 1.28. The van der Waals surface area contributed by atoms with Crippen LogP contribution in [0.15, 0.2) is 35.7 Å². The van der Waals surface area contributed by atoms with Crippen LogP contribution < -0.4 is 16.0 Å². The number of carbonyl (C=O) groups excluding carboxylic acids is 2. The first kappa shape index (κ1) is 18.3. The number of amides is 2. The van der Waals surface area contributed by atoms with E-state index in [1.54, 1.807) is 23.6 Å². The van der Waals surface area contributed by atoms with E-state index in [1.807, 2.05) is 6.92 Å². The monoisotopic (exact) mass is 376 g/mol. The number of halogens is 1. The van der Waals surface area contributed by atoms with Crippen LogP contribution in [-0.4, -0.2) is 48.9 Å². The van der Waals surface area contributed by atoms with Gasteiger partial charge in [-0.25, -0.2) is 4.39 Å². The molecule has 0 bridgehead atoms. The van der Waals surface area contributed by atoms with Gasteiger partial charge in [-0.3, -0.25) is 14.5 Å². The van der Waals surface area contributed by atoms with Gasteiger partial charge in [0, 0.05) is 31.9 Å². The summed E-state index contributed by atoms with van der Waals surface area (Å²) in [5.74, 6) is -0.964. The number of thiophene rings is 1. The molecular formula is C18H21FN4O2S. The van der Waals surface area contributed by atoms with Crippen molar-refractivity contribution in [3.05, 3.63) is 47.1 Å². The number of hydrogen-bond donors (Lipinski definition) is 2. The molecule has 0 saturated carbocycles. The van der Waals surface area contributed by atoms with Crippen molar-refractivity contribution >= 4 is 33.8 Å². The molecule has 1 aliphatic heterocycles. The Morgan fingerprint density at radius 1 is 1.15 bits per heavy atom. The highest BCUT2D eigenvalue weighted by Crippen LogP contribution is 2.23. The third-order valence-electron chi connectivity index (χ3n) is 4.60. The van der Waals surface area contributed by atoms with E-state index in [-0.39, 0.29) is 17.8 Å². The zero-order valence-corrected chi connectivity index (χ0v) is 15.3. The Bertz CT molecular complexity index is 785. The lowest BCUT2D eigenvalue weighted by atomic mass is 10.2. The van der Waals surface area contributed by atoms with Gasteiger partial charge in [-0.1, -0.05) is 0 Å². The minimum absolute atomic E-state index is 0.162. The smallest absolute Gasteiger partial charge is 0.251 e. The number of hydrogen-bond acceptors (Lipinski definition) is 5. The second kappa shape index (κ2) is 7.84. The summed E-state index contributed by atoms with van der Waals surface area (Å²) in [7, 11) is 0. The summed E-state index contributed by atoms with van der Waals surface area (Å²) in [6.07, 6.45) is 0. The van der Waals surface area contributed by atoms with Crippen LogP contribution in [0.25, 0.3) is 0 Å². The number of primary amides is 1. The molecule has 1 aromatic carbocycles. The molecule has 0 radical (unpaired) electrons. The number of nitrogens with zero attached hydrogens (tertiary/aromatic N) is 2. The molecule has 1 saturated heterocycles. The van der Waals surface area contributed by atoms with Gasteiger partial charge in [0.1, 0.15) is 10.8 Å². The summed E-state index contributed by atoms with van der Waals surface area (Å²) in [6, 6.07) is 7.72. The molecule has 1 fully saturated rings. The van der Waals surface area contributed by atoms with Crippen LogP contribution in [0.3, 0.4) is 0 Å². The van der Waals surface area contributed by atoms with E-state index < -0.39 is 5.91 Å².